The van der Waals surface area contributed by atoms with Crippen LogP contribution >= 0.6 is 11.3 Å². The molecule has 7 nitrogen and oxygen atoms in total. The summed E-state index contributed by atoms with van der Waals surface area (Å²) in [4.78, 5) is 17.3. The largest absolute Gasteiger partial charge is 0.497 e. The summed E-state index contributed by atoms with van der Waals surface area (Å²) in [6, 6.07) is 21.0. The van der Waals surface area contributed by atoms with Crippen LogP contribution in [-0.2, 0) is 16.4 Å². The van der Waals surface area contributed by atoms with E-state index in [4.69, 9.17) is 4.74 Å². The fraction of sp³-hybridized carbons (Fsp3) is 0.120. The highest BCUT2D eigenvalue weighted by atomic mass is 32.2. The first kappa shape index (κ1) is 22.1. The number of methoxy groups -OCH3 is 1. The van der Waals surface area contributed by atoms with Crippen molar-refractivity contribution in [3.63, 3.8) is 0 Å². The van der Waals surface area contributed by atoms with Gasteiger partial charge in [-0.3, -0.25) is 14.4 Å². The molecule has 1 aliphatic heterocycles. The number of sulfonamides is 1. The number of amides is 1. The van der Waals surface area contributed by atoms with E-state index < -0.39 is 10.0 Å². The number of hydrogen-bond acceptors (Lipinski definition) is 6. The van der Waals surface area contributed by atoms with Crippen molar-refractivity contribution in [2.45, 2.75) is 11.3 Å². The van der Waals surface area contributed by atoms with Crippen LogP contribution in [0, 0.1) is 0 Å². The summed E-state index contributed by atoms with van der Waals surface area (Å²) in [6.07, 6.45) is 0.682. The lowest BCUT2D eigenvalue weighted by Crippen LogP contribution is -2.29. The monoisotopic (exact) mass is 491 g/mol. The fourth-order valence-electron chi connectivity index (χ4n) is 3.88. The summed E-state index contributed by atoms with van der Waals surface area (Å²) in [5.41, 5.74) is 3.68. The minimum absolute atomic E-state index is 0.148. The van der Waals surface area contributed by atoms with E-state index in [0.29, 0.717) is 29.3 Å². The summed E-state index contributed by atoms with van der Waals surface area (Å²) in [5, 5.41) is 5.09. The Labute approximate surface area is 201 Å². The number of carbonyl (C=O) groups is 1. The van der Waals surface area contributed by atoms with Crippen LogP contribution in [0.4, 0.5) is 10.8 Å². The van der Waals surface area contributed by atoms with E-state index in [1.165, 1.54) is 39.9 Å². The van der Waals surface area contributed by atoms with Gasteiger partial charge < -0.3 is 4.74 Å². The molecule has 0 bridgehead atoms. The molecule has 2 heterocycles. The number of ether oxygens (including phenoxy) is 1. The summed E-state index contributed by atoms with van der Waals surface area (Å²) in [7, 11) is -2.10. The maximum Gasteiger partial charge on any atom is 0.264 e. The van der Waals surface area contributed by atoms with Crippen molar-refractivity contribution in [1.82, 2.24) is 4.98 Å². The summed E-state index contributed by atoms with van der Waals surface area (Å²) in [6.45, 7) is 0.406. The topological polar surface area (TPSA) is 88.6 Å². The lowest BCUT2D eigenvalue weighted by molar-refractivity contribution is 0.102. The van der Waals surface area contributed by atoms with E-state index in [1.807, 2.05) is 53.9 Å². The van der Waals surface area contributed by atoms with Crippen LogP contribution in [0.15, 0.2) is 83.1 Å². The number of fused-ring (bicyclic) bond motifs is 1. The normalized spacial score (nSPS) is 12.9. The summed E-state index contributed by atoms with van der Waals surface area (Å²) in [5.74, 6) is 0.366. The third-order valence-electron chi connectivity index (χ3n) is 5.64. The predicted molar refractivity (Wildman–Crippen MR) is 133 cm³/mol. The first-order valence-electron chi connectivity index (χ1n) is 10.6. The molecule has 4 aromatic rings. The molecule has 1 aliphatic rings. The lowest BCUT2D eigenvalue weighted by atomic mass is 10.2. The lowest BCUT2D eigenvalue weighted by Gasteiger charge is -2.19. The molecule has 34 heavy (non-hydrogen) atoms. The van der Waals surface area contributed by atoms with E-state index in [2.05, 4.69) is 10.3 Å². The van der Waals surface area contributed by atoms with Crippen molar-refractivity contribution in [2.24, 2.45) is 0 Å². The Hall–Kier alpha value is -3.69. The maximum atomic E-state index is 13.2. The second-order valence-electron chi connectivity index (χ2n) is 7.70. The number of aromatic nitrogens is 1. The van der Waals surface area contributed by atoms with Crippen LogP contribution in [0.3, 0.4) is 0 Å². The smallest absolute Gasteiger partial charge is 0.264 e. The van der Waals surface area contributed by atoms with E-state index in [1.54, 1.807) is 7.11 Å². The Kier molecular flexibility index (Phi) is 5.80. The minimum atomic E-state index is -3.71. The van der Waals surface area contributed by atoms with Crippen LogP contribution in [-0.4, -0.2) is 33.0 Å². The fourth-order valence-corrected chi connectivity index (χ4v) is 6.10. The maximum absolute atomic E-state index is 13.2. The van der Waals surface area contributed by atoms with Gasteiger partial charge in [0.15, 0.2) is 5.13 Å². The van der Waals surface area contributed by atoms with Gasteiger partial charge in [0, 0.05) is 23.1 Å². The highest BCUT2D eigenvalue weighted by Gasteiger charge is 2.30. The summed E-state index contributed by atoms with van der Waals surface area (Å²) >= 11 is 1.31. The van der Waals surface area contributed by atoms with Gasteiger partial charge in [-0.25, -0.2) is 13.4 Å². The van der Waals surface area contributed by atoms with Gasteiger partial charge in [-0.15, -0.1) is 11.3 Å². The van der Waals surface area contributed by atoms with Gasteiger partial charge >= 0.3 is 0 Å². The highest BCUT2D eigenvalue weighted by Crippen LogP contribution is 2.33. The molecule has 1 aromatic heterocycles. The van der Waals surface area contributed by atoms with E-state index in [9.17, 15) is 13.2 Å². The number of para-hydroxylation sites is 1. The molecule has 9 heteroatoms. The van der Waals surface area contributed by atoms with Crippen LogP contribution in [0.2, 0.25) is 0 Å². The summed E-state index contributed by atoms with van der Waals surface area (Å²) < 4.78 is 33.0. The van der Waals surface area contributed by atoms with Crippen molar-refractivity contribution in [3.8, 4) is 17.0 Å². The standard InChI is InChI=1S/C25H21N3O4S2/c1-32-20-7-4-6-19(15-20)22-16-33-25(26-22)27-24(29)18-9-11-21(12-10-18)34(30,31)28-14-13-17-5-2-3-8-23(17)28/h2-12,15-16H,13-14H2,1H3,(H,26,27,29). The average Bonchev–Trinajstić information content (AvgIpc) is 3.52. The molecular weight excluding hydrogens is 470 g/mol. The SMILES string of the molecule is COc1cccc(-c2csc(NC(=O)c3ccc(S(=O)(=O)N4CCc5ccccc54)cc3)n2)c1. The Morgan fingerprint density at radius 3 is 2.65 bits per heavy atom. The number of anilines is 2. The zero-order valence-corrected chi connectivity index (χ0v) is 19.9. The highest BCUT2D eigenvalue weighted by molar-refractivity contribution is 7.92. The molecule has 1 amide bonds. The molecule has 1 N–H and O–H groups in total. The molecule has 0 fully saturated rings. The van der Waals surface area contributed by atoms with Crippen molar-refractivity contribution in [3.05, 3.63) is 89.3 Å². The Morgan fingerprint density at radius 1 is 1.06 bits per heavy atom. The first-order chi connectivity index (χ1) is 16.5. The van der Waals surface area contributed by atoms with Gasteiger partial charge in [0.05, 0.1) is 23.4 Å². The third kappa shape index (κ3) is 4.15. The zero-order chi connectivity index (χ0) is 23.7. The number of nitrogens with zero attached hydrogens (tertiary/aromatic N) is 2. The van der Waals surface area contributed by atoms with Crippen molar-refractivity contribution < 1.29 is 17.9 Å². The zero-order valence-electron chi connectivity index (χ0n) is 18.3. The molecule has 0 aliphatic carbocycles. The van der Waals surface area contributed by atoms with Crippen molar-refractivity contribution >= 4 is 38.1 Å². The molecule has 0 unspecified atom stereocenters. The van der Waals surface area contributed by atoms with Crippen LogP contribution in [0.1, 0.15) is 15.9 Å². The number of thiazole rings is 1. The van der Waals surface area contributed by atoms with Gasteiger partial charge in [0.25, 0.3) is 15.9 Å². The van der Waals surface area contributed by atoms with E-state index >= 15 is 0 Å². The molecule has 0 saturated carbocycles. The van der Waals surface area contributed by atoms with Crippen molar-refractivity contribution in [1.29, 1.82) is 0 Å². The van der Waals surface area contributed by atoms with Crippen LogP contribution in [0.25, 0.3) is 11.3 Å². The average molecular weight is 492 g/mol. The minimum Gasteiger partial charge on any atom is -0.497 e. The Balaban J connectivity index is 1.31. The number of benzene rings is 3. The Morgan fingerprint density at radius 2 is 1.85 bits per heavy atom. The molecule has 3 aromatic carbocycles. The van der Waals surface area contributed by atoms with Crippen molar-refractivity contribution in [2.75, 3.05) is 23.3 Å². The molecule has 0 radical (unpaired) electrons. The molecule has 0 spiro atoms. The second kappa shape index (κ2) is 8.92. The van der Waals surface area contributed by atoms with E-state index in [0.717, 1.165) is 22.6 Å². The van der Waals surface area contributed by atoms with Crippen LogP contribution in [0.5, 0.6) is 5.75 Å². The van der Waals surface area contributed by atoms with Gasteiger partial charge in [0.2, 0.25) is 0 Å². The van der Waals surface area contributed by atoms with Gasteiger partial charge in [-0.05, 0) is 54.4 Å². The first-order valence-corrected chi connectivity index (χ1v) is 12.9. The molecule has 0 saturated heterocycles. The molecule has 172 valence electrons. The van der Waals surface area contributed by atoms with E-state index in [-0.39, 0.29) is 10.8 Å². The van der Waals surface area contributed by atoms with Crippen LogP contribution < -0.4 is 14.4 Å². The van der Waals surface area contributed by atoms with Gasteiger partial charge in [-0.1, -0.05) is 30.3 Å². The third-order valence-corrected chi connectivity index (χ3v) is 8.22. The number of hydrogen-bond donors (Lipinski definition) is 1. The Bertz CT molecular complexity index is 1460. The van der Waals surface area contributed by atoms with Gasteiger partial charge in [-0.2, -0.15) is 0 Å². The number of carbonyl (C=O) groups excluding carboxylic acids is 1. The van der Waals surface area contributed by atoms with Gasteiger partial charge in [0.1, 0.15) is 5.75 Å². The molecule has 0 atom stereocenters. The molecule has 5 rings (SSSR count). The number of rotatable bonds is 6. The molecular formula is C25H21N3O4S2. The predicted octanol–water partition coefficient (Wildman–Crippen LogP) is 4.82. The second-order valence-corrected chi connectivity index (χ2v) is 10.4. The number of nitrogens with one attached hydrogen (secondary N) is 1. The quantitative estimate of drug-likeness (QED) is 0.418.